The van der Waals surface area contributed by atoms with Crippen molar-refractivity contribution < 1.29 is 23.5 Å². The average Bonchev–Trinajstić information content (AvgIpc) is 3.61. The molecule has 5 aliphatic rings. The molecule has 0 aromatic heterocycles. The van der Waals surface area contributed by atoms with Crippen molar-refractivity contribution in [2.24, 2.45) is 23.7 Å². The number of nitrogens with one attached hydrogen (secondary N) is 2. The third kappa shape index (κ3) is 5.26. The third-order valence-corrected chi connectivity index (χ3v) is 10.8. The number of ether oxygens (including phenoxy) is 1. The van der Waals surface area contributed by atoms with Gasteiger partial charge in [-0.25, -0.2) is 4.39 Å². The standard InChI is InChI=1S/C32H42ClFN4O4/c1-19-8-6-9-24(20(19)2)36-30(40)28-32-13-12-25(42-32)26(29(39)35-21-10-11-23(34)22(33)18-21)27(32)31(41)38(28)17-7-16-37-14-4-3-5-15-37/h10-13,18-20,24-28H,3-9,14-17H2,1-2H3,(H,35,39)(H,36,40)/t19-,20-,24+,25+,26+,27+,28+,32+/m1/s1. The highest BCUT2D eigenvalue weighted by Crippen LogP contribution is 2.55. The molecular formula is C32H42ClFN4O4. The van der Waals surface area contributed by atoms with Gasteiger partial charge in [-0.15, -0.1) is 0 Å². The van der Waals surface area contributed by atoms with E-state index < -0.39 is 41.3 Å². The summed E-state index contributed by atoms with van der Waals surface area (Å²) >= 11 is 5.94. The van der Waals surface area contributed by atoms with Crippen LogP contribution in [0.5, 0.6) is 0 Å². The van der Waals surface area contributed by atoms with Crippen LogP contribution in [0.4, 0.5) is 10.1 Å². The van der Waals surface area contributed by atoms with Gasteiger partial charge in [-0.3, -0.25) is 14.4 Å². The molecule has 0 radical (unpaired) electrons. The number of hydrogen-bond donors (Lipinski definition) is 2. The Morgan fingerprint density at radius 1 is 1.10 bits per heavy atom. The van der Waals surface area contributed by atoms with Crippen molar-refractivity contribution >= 4 is 35.0 Å². The maximum Gasteiger partial charge on any atom is 0.246 e. The minimum Gasteiger partial charge on any atom is -0.359 e. The number of fused-ring (bicyclic) bond motifs is 1. The van der Waals surface area contributed by atoms with E-state index in [0.29, 0.717) is 24.1 Å². The Labute approximate surface area is 252 Å². The maximum atomic E-state index is 14.2. The van der Waals surface area contributed by atoms with Crippen molar-refractivity contribution in [3.05, 3.63) is 41.2 Å². The zero-order valence-corrected chi connectivity index (χ0v) is 25.2. The molecule has 2 bridgehead atoms. The van der Waals surface area contributed by atoms with Gasteiger partial charge in [0.1, 0.15) is 17.5 Å². The zero-order valence-electron chi connectivity index (χ0n) is 24.5. The highest BCUT2D eigenvalue weighted by molar-refractivity contribution is 6.31. The van der Waals surface area contributed by atoms with Crippen LogP contribution in [0, 0.1) is 29.5 Å². The second kappa shape index (κ2) is 11.9. The smallest absolute Gasteiger partial charge is 0.246 e. The topological polar surface area (TPSA) is 91.0 Å². The van der Waals surface area contributed by atoms with Crippen LogP contribution < -0.4 is 10.6 Å². The van der Waals surface area contributed by atoms with Crippen LogP contribution in [0.1, 0.15) is 58.8 Å². The van der Waals surface area contributed by atoms with Gasteiger partial charge >= 0.3 is 0 Å². The van der Waals surface area contributed by atoms with Crippen LogP contribution in [-0.4, -0.2) is 77.5 Å². The third-order valence-electron chi connectivity index (χ3n) is 10.5. The predicted molar refractivity (Wildman–Crippen MR) is 158 cm³/mol. The van der Waals surface area contributed by atoms with E-state index in [0.717, 1.165) is 45.3 Å². The molecule has 1 aromatic rings. The first-order valence-corrected chi connectivity index (χ1v) is 16.0. The Morgan fingerprint density at radius 2 is 1.88 bits per heavy atom. The largest absolute Gasteiger partial charge is 0.359 e. The summed E-state index contributed by atoms with van der Waals surface area (Å²) in [4.78, 5) is 46.1. The number of anilines is 1. The SMILES string of the molecule is C[C@@H]1[C@H](C)CCC[C@@H]1NC(=O)[C@@H]1N(CCCN2CCCCC2)C(=O)[C@@H]2[C@@H](C(=O)Nc3ccc(F)c(Cl)c3)[C@@H]3C=C[C@]21O3. The molecule has 1 aromatic carbocycles. The molecule has 1 spiro atoms. The molecule has 3 saturated heterocycles. The molecule has 228 valence electrons. The van der Waals surface area contributed by atoms with Crippen LogP contribution in [-0.2, 0) is 19.1 Å². The minimum absolute atomic E-state index is 0.0342. The first-order chi connectivity index (χ1) is 20.2. The van der Waals surface area contributed by atoms with Gasteiger partial charge in [-0.2, -0.15) is 0 Å². The van der Waals surface area contributed by atoms with Gasteiger partial charge in [-0.05, 0) is 75.4 Å². The van der Waals surface area contributed by atoms with Gasteiger partial charge in [-0.1, -0.05) is 56.9 Å². The molecule has 3 amide bonds. The van der Waals surface area contributed by atoms with Gasteiger partial charge in [0.15, 0.2) is 0 Å². The van der Waals surface area contributed by atoms with Crippen molar-refractivity contribution in [2.75, 3.05) is 31.5 Å². The quantitative estimate of drug-likeness (QED) is 0.432. The second-order valence-corrected chi connectivity index (χ2v) is 13.4. The number of piperidine rings is 1. The molecule has 1 aliphatic carbocycles. The molecule has 1 saturated carbocycles. The lowest BCUT2D eigenvalue weighted by Crippen LogP contribution is -2.58. The number of amides is 3. The Hall–Kier alpha value is -2.49. The van der Waals surface area contributed by atoms with E-state index in [4.69, 9.17) is 16.3 Å². The number of halogens is 2. The fourth-order valence-corrected chi connectivity index (χ4v) is 8.18. The van der Waals surface area contributed by atoms with Crippen LogP contribution in [0.25, 0.3) is 0 Å². The Kier molecular flexibility index (Phi) is 8.37. The molecule has 10 heteroatoms. The normalized spacial score (nSPS) is 35.9. The molecule has 2 N–H and O–H groups in total. The molecule has 4 heterocycles. The van der Waals surface area contributed by atoms with Crippen molar-refractivity contribution in [2.45, 2.75) is 82.6 Å². The van der Waals surface area contributed by atoms with Crippen LogP contribution in [0.15, 0.2) is 30.4 Å². The minimum atomic E-state index is -1.21. The van der Waals surface area contributed by atoms with Gasteiger partial charge in [0.25, 0.3) is 0 Å². The summed E-state index contributed by atoms with van der Waals surface area (Å²) < 4.78 is 20.2. The van der Waals surface area contributed by atoms with Gasteiger partial charge in [0.2, 0.25) is 17.7 Å². The molecule has 4 aliphatic heterocycles. The van der Waals surface area contributed by atoms with E-state index in [1.165, 1.54) is 37.5 Å². The first-order valence-electron chi connectivity index (χ1n) is 15.7. The highest BCUT2D eigenvalue weighted by Gasteiger charge is 2.72. The number of benzene rings is 1. The highest BCUT2D eigenvalue weighted by atomic mass is 35.5. The van der Waals surface area contributed by atoms with Crippen LogP contribution in [0.2, 0.25) is 5.02 Å². The first kappa shape index (κ1) is 29.6. The molecule has 4 fully saturated rings. The summed E-state index contributed by atoms with van der Waals surface area (Å²) in [6, 6.07) is 3.16. The predicted octanol–water partition coefficient (Wildman–Crippen LogP) is 4.39. The van der Waals surface area contributed by atoms with E-state index in [9.17, 15) is 18.8 Å². The Morgan fingerprint density at radius 3 is 2.64 bits per heavy atom. The lowest BCUT2D eigenvalue weighted by Gasteiger charge is -2.38. The summed E-state index contributed by atoms with van der Waals surface area (Å²) in [5.74, 6) is -2.21. The summed E-state index contributed by atoms with van der Waals surface area (Å²) in [5, 5.41) is 6.01. The number of carbonyl (C=O) groups is 3. The van der Waals surface area contributed by atoms with E-state index in [-0.39, 0.29) is 22.9 Å². The fraction of sp³-hybridized carbons (Fsp3) is 0.656. The number of likely N-dealkylation sites (tertiary alicyclic amines) is 2. The fourth-order valence-electron chi connectivity index (χ4n) is 8.00. The van der Waals surface area contributed by atoms with Crippen molar-refractivity contribution in [1.82, 2.24) is 15.1 Å². The van der Waals surface area contributed by atoms with Crippen LogP contribution >= 0.6 is 11.6 Å². The Bertz CT molecular complexity index is 1250. The van der Waals surface area contributed by atoms with Gasteiger partial charge in [0.05, 0.1) is 23.0 Å². The lowest BCUT2D eigenvalue weighted by atomic mass is 9.73. The summed E-state index contributed by atoms with van der Waals surface area (Å²) in [6.45, 7) is 7.82. The summed E-state index contributed by atoms with van der Waals surface area (Å²) in [6.07, 6.45) is 10.5. The van der Waals surface area contributed by atoms with Gasteiger partial charge < -0.3 is 25.2 Å². The van der Waals surface area contributed by atoms with E-state index in [1.54, 1.807) is 4.90 Å². The van der Waals surface area contributed by atoms with E-state index in [1.807, 2.05) is 12.2 Å². The number of hydrogen-bond acceptors (Lipinski definition) is 5. The molecule has 8 nitrogen and oxygen atoms in total. The summed E-state index contributed by atoms with van der Waals surface area (Å²) in [7, 11) is 0. The van der Waals surface area contributed by atoms with Crippen LogP contribution in [0.3, 0.4) is 0 Å². The number of carbonyl (C=O) groups excluding carboxylic acids is 3. The monoisotopic (exact) mass is 600 g/mol. The van der Waals surface area contributed by atoms with Crippen molar-refractivity contribution in [1.29, 1.82) is 0 Å². The molecule has 8 atom stereocenters. The molecule has 6 rings (SSSR count). The van der Waals surface area contributed by atoms with E-state index >= 15 is 0 Å². The summed E-state index contributed by atoms with van der Waals surface area (Å²) in [5.41, 5.74) is -0.867. The van der Waals surface area contributed by atoms with Crippen molar-refractivity contribution in [3.63, 3.8) is 0 Å². The Balaban J connectivity index is 1.25. The lowest BCUT2D eigenvalue weighted by molar-refractivity contribution is -0.141. The maximum absolute atomic E-state index is 14.2. The average molecular weight is 601 g/mol. The second-order valence-electron chi connectivity index (χ2n) is 13.0. The molecule has 42 heavy (non-hydrogen) atoms. The molecule has 0 unspecified atom stereocenters. The number of nitrogens with zero attached hydrogens (tertiary/aromatic N) is 2. The van der Waals surface area contributed by atoms with Gasteiger partial charge in [0, 0.05) is 18.3 Å². The zero-order chi connectivity index (χ0) is 29.6. The molecular weight excluding hydrogens is 559 g/mol. The number of rotatable bonds is 8. The van der Waals surface area contributed by atoms with E-state index in [2.05, 4.69) is 29.4 Å². The van der Waals surface area contributed by atoms with Crippen molar-refractivity contribution in [3.8, 4) is 0 Å².